The number of ether oxygens (including phenoxy) is 1. The van der Waals surface area contributed by atoms with Gasteiger partial charge in [0.15, 0.2) is 0 Å². The first-order valence-corrected chi connectivity index (χ1v) is 3.55. The molecule has 1 unspecified atom stereocenters. The lowest BCUT2D eigenvalue weighted by atomic mass is 10.2. The van der Waals surface area contributed by atoms with Gasteiger partial charge in [-0.2, -0.15) is 0 Å². The van der Waals surface area contributed by atoms with Gasteiger partial charge in [0.05, 0.1) is 6.10 Å². The first kappa shape index (κ1) is 7.03. The molecule has 1 fully saturated rings. The molecule has 0 spiro atoms. The second-order valence-corrected chi connectivity index (χ2v) is 2.90. The van der Waals surface area contributed by atoms with Crippen molar-refractivity contribution in [3.63, 3.8) is 0 Å². The van der Waals surface area contributed by atoms with Crippen LogP contribution in [0, 0.1) is 0 Å². The Balaban J connectivity index is 2.11. The Bertz CT molecular complexity index is 77.0. The fourth-order valence-corrected chi connectivity index (χ4v) is 1.20. The van der Waals surface area contributed by atoms with Gasteiger partial charge in [-0.25, -0.2) is 0 Å². The van der Waals surface area contributed by atoms with Crippen LogP contribution in [0.3, 0.4) is 0 Å². The van der Waals surface area contributed by atoms with Crippen LogP contribution in [0.15, 0.2) is 0 Å². The summed E-state index contributed by atoms with van der Waals surface area (Å²) in [6.07, 6.45) is 3.01. The lowest BCUT2D eigenvalue weighted by molar-refractivity contribution is 0.0878. The Morgan fingerprint density at radius 1 is 1.56 bits per heavy atom. The minimum atomic E-state index is 0.514. The van der Waals surface area contributed by atoms with Gasteiger partial charge in [0.1, 0.15) is 0 Å². The number of rotatable bonds is 2. The molecule has 0 aromatic heterocycles. The van der Waals surface area contributed by atoms with Gasteiger partial charge in [-0.1, -0.05) is 0 Å². The number of hydrogen-bond donors (Lipinski definition) is 0. The molecule has 0 bridgehead atoms. The molecule has 0 aliphatic carbocycles. The van der Waals surface area contributed by atoms with E-state index in [0.29, 0.717) is 6.10 Å². The Hall–Kier alpha value is -0.0800. The van der Waals surface area contributed by atoms with Crippen LogP contribution in [-0.2, 0) is 4.74 Å². The standard InChI is InChI=1S/C7H15NO/c1-8(2)6-7-4-3-5-9-7/h7H,3-6H2,1-2H3. The van der Waals surface area contributed by atoms with Crippen LogP contribution in [-0.4, -0.2) is 38.3 Å². The van der Waals surface area contributed by atoms with E-state index in [1.165, 1.54) is 12.8 Å². The molecule has 54 valence electrons. The van der Waals surface area contributed by atoms with Crippen molar-refractivity contribution in [2.45, 2.75) is 18.9 Å². The first-order chi connectivity index (χ1) is 4.29. The van der Waals surface area contributed by atoms with Gasteiger partial charge in [0.25, 0.3) is 0 Å². The third-order valence-corrected chi connectivity index (χ3v) is 1.59. The van der Waals surface area contributed by atoms with Crippen molar-refractivity contribution in [2.75, 3.05) is 27.2 Å². The van der Waals surface area contributed by atoms with Gasteiger partial charge < -0.3 is 9.64 Å². The lowest BCUT2D eigenvalue weighted by Crippen LogP contribution is -2.24. The number of likely N-dealkylation sites (N-methyl/N-ethyl adjacent to an activating group) is 1. The first-order valence-electron chi connectivity index (χ1n) is 3.55. The molecular weight excluding hydrogens is 114 g/mol. The molecule has 0 saturated carbocycles. The third kappa shape index (κ3) is 2.33. The van der Waals surface area contributed by atoms with Gasteiger partial charge in [0, 0.05) is 13.2 Å². The molecule has 0 amide bonds. The molecular formula is C7H15NO. The smallest absolute Gasteiger partial charge is 0.0702 e. The van der Waals surface area contributed by atoms with E-state index in [4.69, 9.17) is 4.74 Å². The van der Waals surface area contributed by atoms with E-state index in [9.17, 15) is 0 Å². The highest BCUT2D eigenvalue weighted by Gasteiger charge is 2.15. The SMILES string of the molecule is CN(C)CC1CCCO1. The zero-order chi connectivity index (χ0) is 6.69. The summed E-state index contributed by atoms with van der Waals surface area (Å²) in [6, 6.07) is 0. The molecule has 1 aliphatic heterocycles. The highest BCUT2D eigenvalue weighted by molar-refractivity contribution is 4.66. The second kappa shape index (κ2) is 3.18. The molecule has 1 atom stereocenters. The molecule has 0 radical (unpaired) electrons. The molecule has 0 aromatic rings. The number of nitrogens with zero attached hydrogens (tertiary/aromatic N) is 1. The van der Waals surface area contributed by atoms with Crippen molar-refractivity contribution in [1.82, 2.24) is 4.90 Å². The van der Waals surface area contributed by atoms with Crippen LogP contribution in [0.25, 0.3) is 0 Å². The summed E-state index contributed by atoms with van der Waals surface area (Å²) in [5.41, 5.74) is 0. The van der Waals surface area contributed by atoms with Crippen LogP contribution in [0.2, 0.25) is 0 Å². The van der Waals surface area contributed by atoms with E-state index in [1.807, 2.05) is 0 Å². The summed E-state index contributed by atoms with van der Waals surface area (Å²) < 4.78 is 5.42. The van der Waals surface area contributed by atoms with Gasteiger partial charge >= 0.3 is 0 Å². The van der Waals surface area contributed by atoms with Gasteiger partial charge in [-0.3, -0.25) is 0 Å². The third-order valence-electron chi connectivity index (χ3n) is 1.59. The Kier molecular flexibility index (Phi) is 2.49. The van der Waals surface area contributed by atoms with Crippen molar-refractivity contribution in [2.24, 2.45) is 0 Å². The Morgan fingerprint density at radius 3 is 2.78 bits per heavy atom. The summed E-state index contributed by atoms with van der Waals surface area (Å²) in [4.78, 5) is 2.18. The Labute approximate surface area is 56.8 Å². The van der Waals surface area contributed by atoms with Gasteiger partial charge in [-0.15, -0.1) is 0 Å². The minimum Gasteiger partial charge on any atom is -0.377 e. The van der Waals surface area contributed by atoms with Crippen LogP contribution in [0.4, 0.5) is 0 Å². The monoisotopic (exact) mass is 129 g/mol. The lowest BCUT2D eigenvalue weighted by Gasteiger charge is -2.14. The van der Waals surface area contributed by atoms with Crippen molar-refractivity contribution in [1.29, 1.82) is 0 Å². The molecule has 2 heteroatoms. The van der Waals surface area contributed by atoms with Gasteiger partial charge in [0.2, 0.25) is 0 Å². The van der Waals surface area contributed by atoms with Crippen LogP contribution in [0.5, 0.6) is 0 Å². The van der Waals surface area contributed by atoms with Gasteiger partial charge in [-0.05, 0) is 26.9 Å². The fraction of sp³-hybridized carbons (Fsp3) is 1.00. The predicted molar refractivity (Wildman–Crippen MR) is 37.5 cm³/mol. The average molecular weight is 129 g/mol. The van der Waals surface area contributed by atoms with E-state index < -0.39 is 0 Å². The summed E-state index contributed by atoms with van der Waals surface area (Å²) >= 11 is 0. The molecule has 9 heavy (non-hydrogen) atoms. The minimum absolute atomic E-state index is 0.514. The van der Waals surface area contributed by atoms with E-state index in [-0.39, 0.29) is 0 Å². The Morgan fingerprint density at radius 2 is 2.33 bits per heavy atom. The summed E-state index contributed by atoms with van der Waals surface area (Å²) in [7, 11) is 4.17. The molecule has 0 N–H and O–H groups in total. The molecule has 2 nitrogen and oxygen atoms in total. The maximum absolute atomic E-state index is 5.42. The molecule has 1 aliphatic rings. The highest BCUT2D eigenvalue weighted by Crippen LogP contribution is 2.11. The molecule has 1 saturated heterocycles. The number of hydrogen-bond acceptors (Lipinski definition) is 2. The van der Waals surface area contributed by atoms with Crippen LogP contribution >= 0.6 is 0 Å². The maximum Gasteiger partial charge on any atom is 0.0702 e. The van der Waals surface area contributed by atoms with E-state index >= 15 is 0 Å². The predicted octanol–water partition coefficient (Wildman–Crippen LogP) is 0.727. The van der Waals surface area contributed by atoms with Crippen molar-refractivity contribution < 1.29 is 4.74 Å². The quantitative estimate of drug-likeness (QED) is 0.545. The highest BCUT2D eigenvalue weighted by atomic mass is 16.5. The zero-order valence-electron chi connectivity index (χ0n) is 6.26. The maximum atomic E-state index is 5.42. The molecule has 1 rings (SSSR count). The normalized spacial score (nSPS) is 27.7. The molecule has 1 heterocycles. The van der Waals surface area contributed by atoms with E-state index in [2.05, 4.69) is 19.0 Å². The topological polar surface area (TPSA) is 12.5 Å². The van der Waals surface area contributed by atoms with E-state index in [1.54, 1.807) is 0 Å². The molecule has 0 aromatic carbocycles. The van der Waals surface area contributed by atoms with Crippen molar-refractivity contribution in [3.05, 3.63) is 0 Å². The van der Waals surface area contributed by atoms with Crippen molar-refractivity contribution >= 4 is 0 Å². The second-order valence-electron chi connectivity index (χ2n) is 2.90. The van der Waals surface area contributed by atoms with E-state index in [0.717, 1.165) is 13.2 Å². The summed E-state index contributed by atoms with van der Waals surface area (Å²) in [5, 5.41) is 0. The zero-order valence-corrected chi connectivity index (χ0v) is 6.26. The largest absolute Gasteiger partial charge is 0.377 e. The summed E-state index contributed by atoms with van der Waals surface area (Å²) in [5.74, 6) is 0. The van der Waals surface area contributed by atoms with Crippen LogP contribution in [0.1, 0.15) is 12.8 Å². The average Bonchev–Trinajstić information content (AvgIpc) is 2.15. The summed E-state index contributed by atoms with van der Waals surface area (Å²) in [6.45, 7) is 2.05. The fourth-order valence-electron chi connectivity index (χ4n) is 1.20. The van der Waals surface area contributed by atoms with Crippen molar-refractivity contribution in [3.8, 4) is 0 Å². The van der Waals surface area contributed by atoms with Crippen LogP contribution < -0.4 is 0 Å².